The maximum absolute atomic E-state index is 13.7. The molecule has 0 unspecified atom stereocenters. The molecule has 3 heterocycles. The van der Waals surface area contributed by atoms with Crippen LogP contribution in [0.4, 0.5) is 4.79 Å². The Labute approximate surface area is 266 Å². The van der Waals surface area contributed by atoms with Crippen LogP contribution in [0, 0.1) is 5.92 Å². The van der Waals surface area contributed by atoms with Gasteiger partial charge in [-0.15, -0.1) is 17.9 Å². The molecule has 12 heteroatoms. The highest BCUT2D eigenvalue weighted by molar-refractivity contribution is 7.15. The molecule has 1 saturated heterocycles. The quantitative estimate of drug-likeness (QED) is 0.163. The lowest BCUT2D eigenvalue weighted by molar-refractivity contribution is -0.149. The third-order valence-corrected chi connectivity index (χ3v) is 9.25. The second kappa shape index (κ2) is 12.9. The molecule has 5 rings (SSSR count). The van der Waals surface area contributed by atoms with Gasteiger partial charge in [0.15, 0.2) is 0 Å². The molecule has 11 nitrogen and oxygen atoms in total. The van der Waals surface area contributed by atoms with Gasteiger partial charge in [0.1, 0.15) is 39.9 Å². The molecule has 45 heavy (non-hydrogen) atoms. The van der Waals surface area contributed by atoms with E-state index < -0.39 is 35.7 Å². The Morgan fingerprint density at radius 2 is 2.04 bits per heavy atom. The number of nitrogens with zero attached hydrogens (tertiary/aromatic N) is 3. The lowest BCUT2D eigenvalue weighted by Crippen LogP contribution is -2.53. The average Bonchev–Trinajstić information content (AvgIpc) is 3.31. The predicted octanol–water partition coefficient (Wildman–Crippen LogP) is 5.61. The number of carbonyl (C=O) groups is 3. The van der Waals surface area contributed by atoms with E-state index in [9.17, 15) is 14.4 Å². The van der Waals surface area contributed by atoms with Gasteiger partial charge in [0.2, 0.25) is 5.91 Å². The Balaban J connectivity index is 1.46. The predicted molar refractivity (Wildman–Crippen MR) is 170 cm³/mol. The van der Waals surface area contributed by atoms with E-state index in [1.54, 1.807) is 38.4 Å². The number of carbonyl (C=O) groups excluding carboxylic acids is 3. The first-order chi connectivity index (χ1) is 21.5. The van der Waals surface area contributed by atoms with Gasteiger partial charge in [-0.25, -0.2) is 19.6 Å². The van der Waals surface area contributed by atoms with E-state index in [0.717, 1.165) is 15.3 Å². The summed E-state index contributed by atoms with van der Waals surface area (Å²) in [7, 11) is 1.59. The monoisotopic (exact) mass is 634 g/mol. The number of esters is 1. The molecule has 1 aromatic carbocycles. The largest absolute Gasteiger partial charge is 0.497 e. The van der Waals surface area contributed by atoms with Crippen molar-refractivity contribution in [1.29, 1.82) is 0 Å². The Kier molecular flexibility index (Phi) is 9.15. The van der Waals surface area contributed by atoms with E-state index in [0.29, 0.717) is 35.0 Å². The fourth-order valence-corrected chi connectivity index (χ4v) is 6.35. The van der Waals surface area contributed by atoms with Crippen LogP contribution in [0.1, 0.15) is 51.3 Å². The lowest BCUT2D eigenvalue weighted by Gasteiger charge is -2.25. The maximum atomic E-state index is 13.7. The number of benzene rings is 1. The van der Waals surface area contributed by atoms with Crippen LogP contribution >= 0.6 is 11.3 Å². The van der Waals surface area contributed by atoms with Crippen LogP contribution in [0.3, 0.4) is 0 Å². The molecule has 0 spiro atoms. The normalized spacial score (nSPS) is 22.2. The van der Waals surface area contributed by atoms with Crippen LogP contribution < -0.4 is 14.8 Å². The molecule has 0 radical (unpaired) electrons. The first-order valence-corrected chi connectivity index (χ1v) is 15.7. The van der Waals surface area contributed by atoms with Gasteiger partial charge >= 0.3 is 12.1 Å². The van der Waals surface area contributed by atoms with E-state index in [4.69, 9.17) is 23.9 Å². The van der Waals surface area contributed by atoms with Crippen LogP contribution in [0.5, 0.6) is 11.5 Å². The molecule has 238 valence electrons. The van der Waals surface area contributed by atoms with Crippen molar-refractivity contribution in [1.82, 2.24) is 20.2 Å². The highest BCUT2D eigenvalue weighted by atomic mass is 32.1. The summed E-state index contributed by atoms with van der Waals surface area (Å²) < 4.78 is 22.5. The number of thiazole rings is 1. The van der Waals surface area contributed by atoms with Gasteiger partial charge in [0, 0.05) is 40.9 Å². The van der Waals surface area contributed by atoms with Crippen molar-refractivity contribution in [2.45, 2.75) is 64.1 Å². The number of aromatic nitrogens is 2. The maximum Gasteiger partial charge on any atom is 0.415 e. The summed E-state index contributed by atoms with van der Waals surface area (Å²) in [5.74, 6) is 0.355. The van der Waals surface area contributed by atoms with Crippen LogP contribution in [0.15, 0.2) is 55.5 Å². The Bertz CT molecular complexity index is 1650. The molecule has 1 N–H and O–H groups in total. The molecule has 0 bridgehead atoms. The molecule has 2 aliphatic rings. The van der Waals surface area contributed by atoms with E-state index in [-0.39, 0.29) is 31.2 Å². The van der Waals surface area contributed by atoms with Gasteiger partial charge in [-0.05, 0) is 38.3 Å². The number of rotatable bonds is 11. The van der Waals surface area contributed by atoms with Crippen molar-refractivity contribution in [3.05, 3.63) is 60.3 Å². The van der Waals surface area contributed by atoms with E-state index in [1.165, 1.54) is 4.90 Å². The fourth-order valence-electron chi connectivity index (χ4n) is 5.47. The van der Waals surface area contributed by atoms with Crippen molar-refractivity contribution in [3.8, 4) is 22.2 Å². The van der Waals surface area contributed by atoms with Crippen molar-refractivity contribution in [2.75, 3.05) is 20.3 Å². The van der Waals surface area contributed by atoms with Gasteiger partial charge in [-0.2, -0.15) is 0 Å². The molecule has 2 aromatic heterocycles. The van der Waals surface area contributed by atoms with Gasteiger partial charge < -0.3 is 24.3 Å². The minimum Gasteiger partial charge on any atom is -0.497 e. The first-order valence-electron chi connectivity index (χ1n) is 14.9. The number of fused-ring (bicyclic) bond motifs is 1. The molecule has 1 aliphatic heterocycles. The van der Waals surface area contributed by atoms with E-state index >= 15 is 0 Å². The molecule has 2 amide bonds. The number of allylic oxidation sites excluding steroid dienone is 1. The Morgan fingerprint density at radius 1 is 1.27 bits per heavy atom. The van der Waals surface area contributed by atoms with Gasteiger partial charge in [-0.1, -0.05) is 26.5 Å². The summed E-state index contributed by atoms with van der Waals surface area (Å²) in [4.78, 5) is 51.6. The standard InChI is InChI=1S/C33H38N4O7S/c1-8-20-15-33(20,31(39)42-9-2)36-29(38)26-13-22(17-37(26)32(40)43-19(5)6)44-27-14-25(30-34-16-28(45-30)18(3)4)35-24-12-21(41-7)10-11-23(24)27/h8,10-12,14,16,18,20,22,26H,1,5,9,13,15,17H2,2-4,6-7H3,(H,36,38)/t20-,22-,26+,33-/m1/s1. The van der Waals surface area contributed by atoms with Crippen LogP contribution in [0.2, 0.25) is 0 Å². The Morgan fingerprint density at radius 3 is 2.67 bits per heavy atom. The molecule has 3 aromatic rings. The third kappa shape index (κ3) is 6.51. The third-order valence-electron chi connectivity index (χ3n) is 7.93. The molecule has 1 saturated carbocycles. The lowest BCUT2D eigenvalue weighted by atomic mass is 10.1. The van der Waals surface area contributed by atoms with Crippen molar-refractivity contribution in [3.63, 3.8) is 0 Å². The van der Waals surface area contributed by atoms with Crippen molar-refractivity contribution < 1.29 is 33.3 Å². The number of pyridine rings is 1. The Hall–Kier alpha value is -4.45. The molecule has 4 atom stereocenters. The van der Waals surface area contributed by atoms with Crippen molar-refractivity contribution >= 4 is 40.2 Å². The minimum absolute atomic E-state index is 0.0611. The zero-order valence-corrected chi connectivity index (χ0v) is 26.9. The summed E-state index contributed by atoms with van der Waals surface area (Å²) in [6, 6.07) is 6.36. The highest BCUT2D eigenvalue weighted by Gasteiger charge is 2.62. The smallest absolute Gasteiger partial charge is 0.415 e. The average molecular weight is 635 g/mol. The molecule has 2 fully saturated rings. The zero-order chi connectivity index (χ0) is 32.5. The zero-order valence-electron chi connectivity index (χ0n) is 26.1. The van der Waals surface area contributed by atoms with Crippen LogP contribution in [-0.4, -0.2) is 70.8 Å². The van der Waals surface area contributed by atoms with E-state index in [1.807, 2.05) is 30.5 Å². The minimum atomic E-state index is -1.21. The summed E-state index contributed by atoms with van der Waals surface area (Å²) in [5.41, 5.74) is 0.0684. The van der Waals surface area contributed by atoms with Gasteiger partial charge in [0.05, 0.1) is 31.5 Å². The highest BCUT2D eigenvalue weighted by Crippen LogP contribution is 2.46. The number of amides is 2. The number of hydrogen-bond donors (Lipinski definition) is 1. The number of nitrogens with one attached hydrogen (secondary N) is 1. The number of ether oxygens (including phenoxy) is 4. The summed E-state index contributed by atoms with van der Waals surface area (Å²) in [6.45, 7) is 15.1. The SMILES string of the molecule is C=C[C@@H]1C[C@]1(NC(=O)[C@@H]1C[C@@H](Oc2cc(-c3ncc(C(C)C)s3)nc3cc(OC)ccc23)CN1C(=O)OC(=C)C)C(=O)OCC. The second-order valence-electron chi connectivity index (χ2n) is 11.6. The number of hydrogen-bond acceptors (Lipinski definition) is 10. The first kappa shape index (κ1) is 32.0. The summed E-state index contributed by atoms with van der Waals surface area (Å²) in [5, 5.41) is 4.34. The van der Waals surface area contributed by atoms with Crippen LogP contribution in [0.25, 0.3) is 21.6 Å². The topological polar surface area (TPSA) is 129 Å². The molecular formula is C33H38N4O7S. The van der Waals surface area contributed by atoms with Crippen LogP contribution in [-0.2, 0) is 19.1 Å². The number of methoxy groups -OCH3 is 1. The summed E-state index contributed by atoms with van der Waals surface area (Å²) >= 11 is 1.56. The molecular weight excluding hydrogens is 596 g/mol. The van der Waals surface area contributed by atoms with Crippen molar-refractivity contribution in [2.24, 2.45) is 5.92 Å². The second-order valence-corrected chi connectivity index (χ2v) is 12.6. The fraction of sp³-hybridized carbons (Fsp3) is 0.424. The number of likely N-dealkylation sites (tertiary alicyclic amines) is 1. The van der Waals surface area contributed by atoms with E-state index in [2.05, 4.69) is 37.3 Å². The van der Waals surface area contributed by atoms with Gasteiger partial charge in [-0.3, -0.25) is 9.69 Å². The summed E-state index contributed by atoms with van der Waals surface area (Å²) in [6.07, 6.45) is 2.68. The van der Waals surface area contributed by atoms with Gasteiger partial charge in [0.25, 0.3) is 0 Å². The molecule has 1 aliphatic carbocycles.